The number of fused-ring (bicyclic) bond motifs is 1. The van der Waals surface area contributed by atoms with Crippen LogP contribution in [0.3, 0.4) is 0 Å². The van der Waals surface area contributed by atoms with Crippen LogP contribution in [-0.2, 0) is 16.6 Å². The van der Waals surface area contributed by atoms with Gasteiger partial charge in [0.2, 0.25) is 15.9 Å². The van der Waals surface area contributed by atoms with Crippen LogP contribution < -0.4 is 0 Å². The number of rotatable bonds is 5. The van der Waals surface area contributed by atoms with E-state index in [0.29, 0.717) is 44.0 Å². The van der Waals surface area contributed by atoms with E-state index in [-0.39, 0.29) is 10.8 Å². The van der Waals surface area contributed by atoms with Gasteiger partial charge in [-0.05, 0) is 30.8 Å². The molecule has 1 N–H and O–H groups in total. The fraction of sp³-hybridized carbons (Fsp3) is 0.240. The highest BCUT2D eigenvalue weighted by Gasteiger charge is 2.28. The molecule has 170 valence electrons. The third kappa shape index (κ3) is 4.01. The van der Waals surface area contributed by atoms with E-state index in [1.165, 1.54) is 10.5 Å². The molecule has 33 heavy (non-hydrogen) atoms. The van der Waals surface area contributed by atoms with E-state index in [1.54, 1.807) is 12.1 Å². The Morgan fingerprint density at radius 2 is 1.61 bits per heavy atom. The first-order valence-corrected chi connectivity index (χ1v) is 12.4. The second-order valence-corrected chi connectivity index (χ2v) is 10.3. The maximum absolute atomic E-state index is 13.0. The van der Waals surface area contributed by atoms with Crippen molar-refractivity contribution in [3.63, 3.8) is 0 Å². The molecule has 1 saturated heterocycles. The molecule has 0 aliphatic carbocycles. The quantitative estimate of drug-likeness (QED) is 0.492. The normalized spacial score (nSPS) is 15.8. The first-order valence-electron chi connectivity index (χ1n) is 10.9. The Labute approximate surface area is 193 Å². The van der Waals surface area contributed by atoms with E-state index in [4.69, 9.17) is 0 Å². The summed E-state index contributed by atoms with van der Waals surface area (Å²) in [5, 5.41) is 12.0. The lowest BCUT2D eigenvalue weighted by Gasteiger charge is -2.31. The predicted molar refractivity (Wildman–Crippen MR) is 129 cm³/mol. The summed E-state index contributed by atoms with van der Waals surface area (Å²) < 4.78 is 29.4. The van der Waals surface area contributed by atoms with Crippen molar-refractivity contribution in [2.75, 3.05) is 33.2 Å². The zero-order valence-corrected chi connectivity index (χ0v) is 19.2. The molecule has 0 unspecified atom stereocenters. The maximum Gasteiger partial charge on any atom is 0.244 e. The Kier molecular flexibility index (Phi) is 5.65. The molecule has 0 spiro atoms. The summed E-state index contributed by atoms with van der Waals surface area (Å²) in [5.74, 6) is 0.113. The largest absolute Gasteiger partial charge is 0.494 e. The van der Waals surface area contributed by atoms with Gasteiger partial charge in [0.15, 0.2) is 0 Å². The third-order valence-electron chi connectivity index (χ3n) is 6.22. The van der Waals surface area contributed by atoms with Gasteiger partial charge in [0.05, 0.1) is 23.3 Å². The molecule has 8 heteroatoms. The third-order valence-corrected chi connectivity index (χ3v) is 8.10. The van der Waals surface area contributed by atoms with Crippen LogP contribution in [0.1, 0.15) is 5.56 Å². The van der Waals surface area contributed by atoms with Gasteiger partial charge in [-0.25, -0.2) is 8.42 Å². The van der Waals surface area contributed by atoms with Crippen molar-refractivity contribution in [3.8, 4) is 17.1 Å². The molecule has 0 saturated carbocycles. The molecular weight excluding hydrogens is 436 g/mol. The van der Waals surface area contributed by atoms with Crippen molar-refractivity contribution < 1.29 is 13.5 Å². The number of hydrogen-bond acceptors (Lipinski definition) is 5. The van der Waals surface area contributed by atoms with Crippen molar-refractivity contribution >= 4 is 20.9 Å². The minimum Gasteiger partial charge on any atom is -0.494 e. The number of piperazine rings is 1. The number of para-hydroxylation sites is 1. The molecule has 1 fully saturated rings. The number of likely N-dealkylation sites (N-methyl/N-ethyl adjacent to an activating group) is 1. The van der Waals surface area contributed by atoms with Gasteiger partial charge in [0, 0.05) is 37.8 Å². The summed E-state index contributed by atoms with van der Waals surface area (Å²) in [6, 6.07) is 21.0. The topological polar surface area (TPSA) is 78.7 Å². The molecule has 1 aliphatic rings. The van der Waals surface area contributed by atoms with Crippen molar-refractivity contribution in [1.29, 1.82) is 0 Å². The Hall–Kier alpha value is -3.20. The molecule has 7 nitrogen and oxygen atoms in total. The molecule has 0 amide bonds. The van der Waals surface area contributed by atoms with Crippen molar-refractivity contribution in [1.82, 2.24) is 18.8 Å². The molecular formula is C25H26N4O3S. The minimum absolute atomic E-state index is 0.113. The molecule has 2 aromatic carbocycles. The standard InChI is InChI=1S/C25H26N4O3S/c1-27-13-15-28(16-14-27)33(31,32)20-11-12-22(26-17-20)24-21-9-5-6-10-23(21)29(25(24)30)18-19-7-3-2-4-8-19/h2-12,17,30H,13-16,18H2,1H3. The van der Waals surface area contributed by atoms with E-state index in [1.807, 2.05) is 66.2 Å². The highest BCUT2D eigenvalue weighted by molar-refractivity contribution is 7.89. The Morgan fingerprint density at radius 1 is 0.909 bits per heavy atom. The SMILES string of the molecule is CN1CCN(S(=O)(=O)c2ccc(-c3c(O)n(Cc4ccccc4)c4ccccc34)nc2)CC1. The van der Waals surface area contributed by atoms with Crippen molar-refractivity contribution in [2.24, 2.45) is 0 Å². The van der Waals surface area contributed by atoms with E-state index >= 15 is 0 Å². The number of hydrogen-bond donors (Lipinski definition) is 1. The molecule has 3 heterocycles. The van der Waals surface area contributed by atoms with Gasteiger partial charge in [-0.15, -0.1) is 0 Å². The van der Waals surface area contributed by atoms with Gasteiger partial charge in [-0.1, -0.05) is 48.5 Å². The zero-order chi connectivity index (χ0) is 23.0. The lowest BCUT2D eigenvalue weighted by atomic mass is 10.1. The van der Waals surface area contributed by atoms with Crippen LogP contribution >= 0.6 is 0 Å². The lowest BCUT2D eigenvalue weighted by Crippen LogP contribution is -2.47. The van der Waals surface area contributed by atoms with E-state index in [0.717, 1.165) is 16.5 Å². The number of nitrogens with zero attached hydrogens (tertiary/aromatic N) is 4. The highest BCUT2D eigenvalue weighted by Crippen LogP contribution is 2.39. The second kappa shape index (κ2) is 8.62. The second-order valence-electron chi connectivity index (χ2n) is 8.37. The van der Waals surface area contributed by atoms with Crippen LogP contribution in [0, 0.1) is 0 Å². The van der Waals surface area contributed by atoms with E-state index < -0.39 is 10.0 Å². The van der Waals surface area contributed by atoms with Gasteiger partial charge in [0.1, 0.15) is 4.90 Å². The smallest absolute Gasteiger partial charge is 0.244 e. The summed E-state index contributed by atoms with van der Waals surface area (Å²) in [6.45, 7) is 2.87. The molecule has 1 aliphatic heterocycles. The van der Waals surface area contributed by atoms with Gasteiger partial charge < -0.3 is 14.6 Å². The van der Waals surface area contributed by atoms with Gasteiger partial charge >= 0.3 is 0 Å². The summed E-state index contributed by atoms with van der Waals surface area (Å²) in [4.78, 5) is 6.75. The molecule has 0 radical (unpaired) electrons. The van der Waals surface area contributed by atoms with Gasteiger partial charge in [0.25, 0.3) is 0 Å². The maximum atomic E-state index is 13.0. The highest BCUT2D eigenvalue weighted by atomic mass is 32.2. The summed E-state index contributed by atoms with van der Waals surface area (Å²) in [6.07, 6.45) is 1.39. The lowest BCUT2D eigenvalue weighted by molar-refractivity contribution is 0.222. The predicted octanol–water partition coefficient (Wildman–Crippen LogP) is 3.39. The average molecular weight is 463 g/mol. The number of aromatic nitrogens is 2. The molecule has 5 rings (SSSR count). The van der Waals surface area contributed by atoms with Crippen LogP contribution in [0.25, 0.3) is 22.2 Å². The fourth-order valence-corrected chi connectivity index (χ4v) is 5.69. The summed E-state index contributed by atoms with van der Waals surface area (Å²) in [7, 11) is -1.61. The Balaban J connectivity index is 1.52. The first-order chi connectivity index (χ1) is 15.9. The number of aromatic hydroxyl groups is 1. The van der Waals surface area contributed by atoms with Crippen LogP contribution in [0.5, 0.6) is 5.88 Å². The van der Waals surface area contributed by atoms with E-state index in [2.05, 4.69) is 9.88 Å². The van der Waals surface area contributed by atoms with Crippen LogP contribution in [-0.4, -0.2) is 65.5 Å². The van der Waals surface area contributed by atoms with Gasteiger partial charge in [-0.3, -0.25) is 4.98 Å². The number of benzene rings is 2. The van der Waals surface area contributed by atoms with Crippen LogP contribution in [0.2, 0.25) is 0 Å². The minimum atomic E-state index is -3.60. The zero-order valence-electron chi connectivity index (χ0n) is 18.4. The van der Waals surface area contributed by atoms with Gasteiger partial charge in [-0.2, -0.15) is 4.31 Å². The molecule has 4 aromatic rings. The van der Waals surface area contributed by atoms with Crippen molar-refractivity contribution in [2.45, 2.75) is 11.4 Å². The van der Waals surface area contributed by atoms with Crippen LogP contribution in [0.15, 0.2) is 77.8 Å². The number of sulfonamides is 1. The monoisotopic (exact) mass is 462 g/mol. The Bertz CT molecular complexity index is 1370. The summed E-state index contributed by atoms with van der Waals surface area (Å²) >= 11 is 0. The molecule has 2 aromatic heterocycles. The van der Waals surface area contributed by atoms with E-state index in [9.17, 15) is 13.5 Å². The summed E-state index contributed by atoms with van der Waals surface area (Å²) in [5.41, 5.74) is 3.10. The molecule has 0 atom stereocenters. The fourth-order valence-electron chi connectivity index (χ4n) is 4.33. The Morgan fingerprint density at radius 3 is 2.30 bits per heavy atom. The number of pyridine rings is 1. The van der Waals surface area contributed by atoms with Crippen molar-refractivity contribution in [3.05, 3.63) is 78.5 Å². The van der Waals surface area contributed by atoms with Crippen LogP contribution in [0.4, 0.5) is 0 Å². The first kappa shape index (κ1) is 21.6. The average Bonchev–Trinajstić information content (AvgIpc) is 3.11. The molecule has 0 bridgehead atoms.